The van der Waals surface area contributed by atoms with Crippen LogP contribution in [0.1, 0.15) is 16.8 Å². The van der Waals surface area contributed by atoms with Gasteiger partial charge in [0.2, 0.25) is 5.91 Å². The maximum absolute atomic E-state index is 12.8. The highest BCUT2D eigenvalue weighted by Gasteiger charge is 2.43. The number of rotatable bonds is 3. The first-order valence-corrected chi connectivity index (χ1v) is 8.35. The lowest BCUT2D eigenvalue weighted by Crippen LogP contribution is -2.44. The summed E-state index contributed by atoms with van der Waals surface area (Å²) in [6, 6.07) is 3.97. The van der Waals surface area contributed by atoms with Gasteiger partial charge < -0.3 is 20.9 Å². The van der Waals surface area contributed by atoms with Gasteiger partial charge >= 0.3 is 6.03 Å². The van der Waals surface area contributed by atoms with Gasteiger partial charge in [0.25, 0.3) is 5.91 Å². The molecule has 0 radical (unpaired) electrons. The van der Waals surface area contributed by atoms with E-state index in [1.54, 1.807) is 24.3 Å². The van der Waals surface area contributed by atoms with Gasteiger partial charge in [-0.05, 0) is 24.6 Å². The number of halogens is 1. The highest BCUT2D eigenvalue weighted by molar-refractivity contribution is 9.10. The summed E-state index contributed by atoms with van der Waals surface area (Å²) in [6.07, 6.45) is 1.96. The number of nitrogens with one attached hydrogen (secondary N) is 3. The summed E-state index contributed by atoms with van der Waals surface area (Å²) in [5.74, 6) is -0.453. The van der Waals surface area contributed by atoms with E-state index in [1.165, 1.54) is 4.90 Å². The first-order chi connectivity index (χ1) is 11.5. The van der Waals surface area contributed by atoms with Gasteiger partial charge in [-0.15, -0.1) is 6.58 Å². The van der Waals surface area contributed by atoms with Gasteiger partial charge in [0.05, 0.1) is 17.3 Å². The third kappa shape index (κ3) is 3.14. The zero-order valence-corrected chi connectivity index (χ0v) is 14.4. The quantitative estimate of drug-likeness (QED) is 0.680. The fraction of sp³-hybridized carbons (Fsp3) is 0.312. The number of amides is 4. The number of fused-ring (bicyclic) bond motifs is 2. The summed E-state index contributed by atoms with van der Waals surface area (Å²) >= 11 is 3.34. The summed E-state index contributed by atoms with van der Waals surface area (Å²) in [5.41, 5.74) is 0.952. The van der Waals surface area contributed by atoms with Crippen LogP contribution in [0.5, 0.6) is 0 Å². The van der Waals surface area contributed by atoms with Crippen molar-refractivity contribution in [2.24, 2.45) is 0 Å². The molecule has 3 rings (SSSR count). The molecule has 0 bridgehead atoms. The van der Waals surface area contributed by atoms with Crippen LogP contribution in [-0.4, -0.2) is 47.9 Å². The molecule has 1 fully saturated rings. The smallest absolute Gasteiger partial charge is 0.315 e. The summed E-state index contributed by atoms with van der Waals surface area (Å²) in [6.45, 7) is 4.18. The van der Waals surface area contributed by atoms with Gasteiger partial charge in [-0.1, -0.05) is 22.0 Å². The molecule has 0 unspecified atom stereocenters. The van der Waals surface area contributed by atoms with Crippen molar-refractivity contribution in [3.8, 4) is 0 Å². The van der Waals surface area contributed by atoms with Crippen molar-refractivity contribution in [1.29, 1.82) is 0 Å². The molecule has 2 aliphatic rings. The van der Waals surface area contributed by atoms with Gasteiger partial charge in [0.15, 0.2) is 0 Å². The zero-order valence-electron chi connectivity index (χ0n) is 12.8. The maximum atomic E-state index is 12.8. The molecule has 3 N–H and O–H groups in total. The van der Waals surface area contributed by atoms with Gasteiger partial charge in [0.1, 0.15) is 6.04 Å². The Labute approximate surface area is 147 Å². The molecule has 4 amide bonds. The minimum atomic E-state index is -0.589. The van der Waals surface area contributed by atoms with Crippen LogP contribution in [0.4, 0.5) is 10.5 Å². The van der Waals surface area contributed by atoms with Crippen molar-refractivity contribution < 1.29 is 14.4 Å². The summed E-state index contributed by atoms with van der Waals surface area (Å²) in [7, 11) is 0. The molecule has 0 aromatic heterocycles. The first kappa shape index (κ1) is 16.5. The summed E-state index contributed by atoms with van der Waals surface area (Å²) in [5, 5.41) is 8.20. The number of hydrogen-bond donors (Lipinski definition) is 3. The molecule has 126 valence electrons. The number of urea groups is 1. The number of carbonyl (C=O) groups is 3. The standard InChI is InChI=1S/C16H17BrN4O3/c1-2-5-18-16(24)19-10-7-13-14(22)20-12-4-3-9(17)6-11(12)15(23)21(13)8-10/h2-4,6,10,13H,1,5,7-8H2,(H,20,22)(H2,18,19,24)/t10-,13-/m1/s1. The van der Waals surface area contributed by atoms with Gasteiger partial charge in [-0.3, -0.25) is 9.59 Å². The second-order valence-electron chi connectivity index (χ2n) is 5.73. The molecule has 24 heavy (non-hydrogen) atoms. The third-order valence-electron chi connectivity index (χ3n) is 4.08. The van der Waals surface area contributed by atoms with Gasteiger partial charge in [-0.25, -0.2) is 4.79 Å². The third-order valence-corrected chi connectivity index (χ3v) is 4.57. The van der Waals surface area contributed by atoms with E-state index in [0.29, 0.717) is 30.8 Å². The molecule has 1 aromatic rings. The number of hydrogen-bond acceptors (Lipinski definition) is 3. The van der Waals surface area contributed by atoms with Crippen molar-refractivity contribution in [3.63, 3.8) is 0 Å². The second kappa shape index (κ2) is 6.64. The van der Waals surface area contributed by atoms with E-state index in [2.05, 4.69) is 38.5 Å². The Hall–Kier alpha value is -2.35. The van der Waals surface area contributed by atoms with Gasteiger partial charge in [-0.2, -0.15) is 0 Å². The molecule has 2 atom stereocenters. The predicted molar refractivity (Wildman–Crippen MR) is 92.7 cm³/mol. The highest BCUT2D eigenvalue weighted by Crippen LogP contribution is 2.30. The minimum Gasteiger partial charge on any atom is -0.335 e. The van der Waals surface area contributed by atoms with Gasteiger partial charge in [0, 0.05) is 17.6 Å². The Balaban J connectivity index is 1.78. The summed E-state index contributed by atoms with van der Waals surface area (Å²) in [4.78, 5) is 38.5. The van der Waals surface area contributed by atoms with Crippen molar-refractivity contribution in [2.45, 2.75) is 18.5 Å². The topological polar surface area (TPSA) is 90.5 Å². The van der Waals surface area contributed by atoms with Crippen LogP contribution in [0.25, 0.3) is 0 Å². The first-order valence-electron chi connectivity index (χ1n) is 7.56. The molecule has 7 nitrogen and oxygen atoms in total. The lowest BCUT2D eigenvalue weighted by Gasteiger charge is -2.20. The van der Waals surface area contributed by atoms with E-state index in [0.717, 1.165) is 4.47 Å². The zero-order chi connectivity index (χ0) is 17.3. The number of carbonyl (C=O) groups excluding carboxylic acids is 3. The van der Waals surface area contributed by atoms with Crippen molar-refractivity contribution in [3.05, 3.63) is 40.9 Å². The maximum Gasteiger partial charge on any atom is 0.315 e. The van der Waals surface area contributed by atoms with E-state index in [1.807, 2.05) is 0 Å². The number of benzene rings is 1. The highest BCUT2D eigenvalue weighted by atomic mass is 79.9. The molecule has 0 spiro atoms. The van der Waals surface area contributed by atoms with E-state index in [-0.39, 0.29) is 23.9 Å². The van der Waals surface area contributed by atoms with Crippen molar-refractivity contribution >= 4 is 39.5 Å². The van der Waals surface area contributed by atoms with E-state index < -0.39 is 6.04 Å². The molecule has 0 saturated carbocycles. The number of anilines is 1. The average molecular weight is 393 g/mol. The predicted octanol–water partition coefficient (Wildman–Crippen LogP) is 1.47. The fourth-order valence-corrected chi connectivity index (χ4v) is 3.35. The Morgan fingerprint density at radius 3 is 3.00 bits per heavy atom. The number of nitrogens with zero attached hydrogens (tertiary/aromatic N) is 1. The Bertz CT molecular complexity index is 721. The monoisotopic (exact) mass is 392 g/mol. The molecule has 2 aliphatic heterocycles. The van der Waals surface area contributed by atoms with Crippen LogP contribution in [0.15, 0.2) is 35.3 Å². The van der Waals surface area contributed by atoms with Crippen LogP contribution in [0.3, 0.4) is 0 Å². The van der Waals surface area contributed by atoms with Crippen molar-refractivity contribution in [1.82, 2.24) is 15.5 Å². The minimum absolute atomic E-state index is 0.217. The van der Waals surface area contributed by atoms with Crippen LogP contribution in [-0.2, 0) is 4.79 Å². The Kier molecular flexibility index (Phi) is 4.57. The molecule has 1 aromatic carbocycles. The molecule has 0 aliphatic carbocycles. The molecular weight excluding hydrogens is 376 g/mol. The lowest BCUT2D eigenvalue weighted by atomic mass is 10.1. The second-order valence-corrected chi connectivity index (χ2v) is 6.64. The van der Waals surface area contributed by atoms with Crippen LogP contribution in [0, 0.1) is 0 Å². The van der Waals surface area contributed by atoms with Crippen LogP contribution >= 0.6 is 15.9 Å². The molecule has 8 heteroatoms. The van der Waals surface area contributed by atoms with Crippen LogP contribution < -0.4 is 16.0 Å². The Morgan fingerprint density at radius 2 is 2.25 bits per heavy atom. The van der Waals surface area contributed by atoms with E-state index >= 15 is 0 Å². The molecular formula is C16H17BrN4O3. The fourth-order valence-electron chi connectivity index (χ4n) is 2.99. The van der Waals surface area contributed by atoms with Crippen LogP contribution in [0.2, 0.25) is 0 Å². The molecule has 2 heterocycles. The van der Waals surface area contributed by atoms with E-state index in [9.17, 15) is 14.4 Å². The normalized spacial score (nSPS) is 22.1. The van der Waals surface area contributed by atoms with Crippen molar-refractivity contribution in [2.75, 3.05) is 18.4 Å². The average Bonchev–Trinajstić information content (AvgIpc) is 2.94. The Morgan fingerprint density at radius 1 is 1.46 bits per heavy atom. The summed E-state index contributed by atoms with van der Waals surface area (Å²) < 4.78 is 0.764. The lowest BCUT2D eigenvalue weighted by molar-refractivity contribution is -0.119. The van der Waals surface area contributed by atoms with E-state index in [4.69, 9.17) is 0 Å². The largest absolute Gasteiger partial charge is 0.335 e. The molecule has 1 saturated heterocycles. The SMILES string of the molecule is C=CCNC(=O)N[C@@H]1C[C@@H]2C(=O)Nc3ccc(Br)cc3C(=O)N2C1.